The summed E-state index contributed by atoms with van der Waals surface area (Å²) in [6.07, 6.45) is 0.532. The van der Waals surface area contributed by atoms with E-state index in [9.17, 15) is 19.2 Å². The summed E-state index contributed by atoms with van der Waals surface area (Å²) in [6.45, 7) is 3.58. The van der Waals surface area contributed by atoms with Gasteiger partial charge < -0.3 is 0 Å². The Morgan fingerprint density at radius 3 is 1.91 bits per heavy atom. The fraction of sp³-hybridized carbons (Fsp3) is 0.176. The number of amides is 4. The highest BCUT2D eigenvalue weighted by Gasteiger charge is 2.35. The molecule has 2 heterocycles. The lowest BCUT2D eigenvalue weighted by atomic mass is 9.82. The SMILES string of the molecule is CCc1cc2c3c(c(C)cc4c3c1C(=O)NC4=O)C(=O)NC2=O. The topological polar surface area (TPSA) is 92.3 Å². The summed E-state index contributed by atoms with van der Waals surface area (Å²) in [7, 11) is 0. The van der Waals surface area contributed by atoms with Crippen LogP contribution in [-0.4, -0.2) is 23.6 Å². The molecule has 0 aliphatic carbocycles. The maximum atomic E-state index is 12.3. The number of nitrogens with one attached hydrogen (secondary N) is 2. The lowest BCUT2D eigenvalue weighted by Crippen LogP contribution is -2.39. The van der Waals surface area contributed by atoms with Crippen LogP contribution in [0.4, 0.5) is 0 Å². The summed E-state index contributed by atoms with van der Waals surface area (Å²) in [5.41, 5.74) is 2.67. The maximum Gasteiger partial charge on any atom is 0.259 e. The van der Waals surface area contributed by atoms with Crippen molar-refractivity contribution in [2.75, 3.05) is 0 Å². The minimum atomic E-state index is -0.505. The second-order valence-corrected chi connectivity index (χ2v) is 5.74. The van der Waals surface area contributed by atoms with E-state index >= 15 is 0 Å². The van der Waals surface area contributed by atoms with E-state index < -0.39 is 23.6 Å². The van der Waals surface area contributed by atoms with E-state index in [0.717, 1.165) is 0 Å². The van der Waals surface area contributed by atoms with Crippen molar-refractivity contribution in [3.8, 4) is 0 Å². The average molecular weight is 308 g/mol. The van der Waals surface area contributed by atoms with Crippen LogP contribution in [0.25, 0.3) is 10.8 Å². The summed E-state index contributed by atoms with van der Waals surface area (Å²) in [6, 6.07) is 3.24. The van der Waals surface area contributed by atoms with E-state index in [2.05, 4.69) is 10.6 Å². The molecule has 0 bridgehead atoms. The number of carbonyl (C=O) groups excluding carboxylic acids is 4. The number of rotatable bonds is 1. The Bertz CT molecular complexity index is 988. The van der Waals surface area contributed by atoms with Gasteiger partial charge in [-0.25, -0.2) is 0 Å². The molecule has 2 N–H and O–H groups in total. The summed E-state index contributed by atoms with van der Waals surface area (Å²) in [5.74, 6) is -1.99. The van der Waals surface area contributed by atoms with Gasteiger partial charge in [0.25, 0.3) is 23.6 Å². The molecule has 2 aromatic carbocycles. The summed E-state index contributed by atoms with van der Waals surface area (Å²) in [4.78, 5) is 49.0. The first kappa shape index (κ1) is 13.6. The van der Waals surface area contributed by atoms with Crippen LogP contribution in [0.1, 0.15) is 59.5 Å². The van der Waals surface area contributed by atoms with Gasteiger partial charge in [-0.05, 0) is 36.6 Å². The van der Waals surface area contributed by atoms with Crippen LogP contribution >= 0.6 is 0 Å². The van der Waals surface area contributed by atoms with Gasteiger partial charge in [0.15, 0.2) is 0 Å². The summed E-state index contributed by atoms with van der Waals surface area (Å²) in [5, 5.41) is 5.47. The fourth-order valence-corrected chi connectivity index (χ4v) is 3.48. The van der Waals surface area contributed by atoms with Crippen molar-refractivity contribution < 1.29 is 19.2 Å². The Labute approximate surface area is 130 Å². The molecule has 0 aromatic heterocycles. The third-order valence-corrected chi connectivity index (χ3v) is 4.46. The minimum absolute atomic E-state index is 0.329. The Morgan fingerprint density at radius 1 is 0.783 bits per heavy atom. The zero-order chi connectivity index (χ0) is 16.5. The highest BCUT2D eigenvalue weighted by molar-refractivity contribution is 6.34. The first-order valence-corrected chi connectivity index (χ1v) is 7.28. The van der Waals surface area contributed by atoms with Gasteiger partial charge in [0.2, 0.25) is 0 Å². The molecule has 2 aromatic rings. The van der Waals surface area contributed by atoms with Gasteiger partial charge in [0, 0.05) is 21.9 Å². The third-order valence-electron chi connectivity index (χ3n) is 4.46. The first-order chi connectivity index (χ1) is 10.9. The third kappa shape index (κ3) is 1.57. The van der Waals surface area contributed by atoms with E-state index in [1.165, 1.54) is 0 Å². The fourth-order valence-electron chi connectivity index (χ4n) is 3.48. The second kappa shape index (κ2) is 4.25. The number of hydrogen-bond acceptors (Lipinski definition) is 4. The van der Waals surface area contributed by atoms with Crippen LogP contribution in [0.5, 0.6) is 0 Å². The molecule has 0 fully saturated rings. The largest absolute Gasteiger partial charge is 0.288 e. The Balaban J connectivity index is 2.34. The molecule has 0 spiro atoms. The molecular formula is C17H12N2O4. The second-order valence-electron chi connectivity index (χ2n) is 5.74. The van der Waals surface area contributed by atoms with Crippen LogP contribution in [0.3, 0.4) is 0 Å². The van der Waals surface area contributed by atoms with Crippen molar-refractivity contribution in [1.29, 1.82) is 0 Å². The highest BCUT2D eigenvalue weighted by Crippen LogP contribution is 2.37. The van der Waals surface area contributed by atoms with Gasteiger partial charge in [-0.15, -0.1) is 0 Å². The standard InChI is InChI=1S/C17H12N2O4/c1-3-7-5-9-12-10(16(22)18-15(9)21)6(2)4-8-13(12)11(7)17(23)19-14(8)20/h4-5H,3H2,1-2H3,(H,18,21,22)(H,19,20,23). The average Bonchev–Trinajstić information content (AvgIpc) is 2.50. The van der Waals surface area contributed by atoms with Crippen LogP contribution in [-0.2, 0) is 6.42 Å². The van der Waals surface area contributed by atoms with Gasteiger partial charge >= 0.3 is 0 Å². The number of hydrogen-bond donors (Lipinski definition) is 2. The number of imide groups is 2. The summed E-state index contributed by atoms with van der Waals surface area (Å²) >= 11 is 0. The molecule has 2 aliphatic heterocycles. The van der Waals surface area contributed by atoms with E-state index in [4.69, 9.17) is 0 Å². The number of benzene rings is 2. The number of carbonyl (C=O) groups is 4. The zero-order valence-electron chi connectivity index (χ0n) is 12.5. The van der Waals surface area contributed by atoms with Crippen LogP contribution in [0, 0.1) is 6.92 Å². The Morgan fingerprint density at radius 2 is 1.30 bits per heavy atom. The lowest BCUT2D eigenvalue weighted by molar-refractivity contribution is 0.0822. The quantitative estimate of drug-likeness (QED) is 0.780. The van der Waals surface area contributed by atoms with Crippen molar-refractivity contribution in [2.24, 2.45) is 0 Å². The molecule has 6 heteroatoms. The van der Waals surface area contributed by atoms with Crippen molar-refractivity contribution in [1.82, 2.24) is 10.6 Å². The number of aryl methyl sites for hydroxylation is 2. The van der Waals surface area contributed by atoms with Gasteiger partial charge in [0.1, 0.15) is 0 Å². The van der Waals surface area contributed by atoms with E-state index in [1.54, 1.807) is 19.1 Å². The maximum absolute atomic E-state index is 12.3. The molecule has 0 unspecified atom stereocenters. The predicted octanol–water partition coefficient (Wildman–Crippen LogP) is 1.48. The van der Waals surface area contributed by atoms with E-state index in [0.29, 0.717) is 50.6 Å². The normalized spacial score (nSPS) is 15.7. The lowest BCUT2D eigenvalue weighted by Gasteiger charge is -2.26. The van der Waals surface area contributed by atoms with Crippen LogP contribution in [0.2, 0.25) is 0 Å². The van der Waals surface area contributed by atoms with Crippen LogP contribution < -0.4 is 10.6 Å². The molecular weight excluding hydrogens is 296 g/mol. The monoisotopic (exact) mass is 308 g/mol. The Hall–Kier alpha value is -3.02. The molecule has 0 saturated heterocycles. The van der Waals surface area contributed by atoms with E-state index in [-0.39, 0.29) is 0 Å². The molecule has 2 aliphatic rings. The highest BCUT2D eigenvalue weighted by atomic mass is 16.2. The molecule has 0 atom stereocenters. The molecule has 4 amide bonds. The van der Waals surface area contributed by atoms with Gasteiger partial charge in [0.05, 0.1) is 11.1 Å². The molecule has 4 rings (SSSR count). The predicted molar refractivity (Wildman–Crippen MR) is 81.7 cm³/mol. The van der Waals surface area contributed by atoms with Crippen LogP contribution in [0.15, 0.2) is 12.1 Å². The van der Waals surface area contributed by atoms with Gasteiger partial charge in [-0.3, -0.25) is 29.8 Å². The summed E-state index contributed by atoms with van der Waals surface area (Å²) < 4.78 is 0. The molecule has 0 saturated carbocycles. The smallest absolute Gasteiger partial charge is 0.259 e. The van der Waals surface area contributed by atoms with Crippen molar-refractivity contribution in [2.45, 2.75) is 20.3 Å². The molecule has 0 radical (unpaired) electrons. The Kier molecular flexibility index (Phi) is 2.52. The van der Waals surface area contributed by atoms with Crippen molar-refractivity contribution in [3.05, 3.63) is 45.5 Å². The first-order valence-electron chi connectivity index (χ1n) is 7.28. The molecule has 23 heavy (non-hydrogen) atoms. The molecule has 114 valence electrons. The van der Waals surface area contributed by atoms with Crippen molar-refractivity contribution in [3.63, 3.8) is 0 Å². The zero-order valence-corrected chi connectivity index (χ0v) is 12.5. The minimum Gasteiger partial charge on any atom is -0.288 e. The van der Waals surface area contributed by atoms with E-state index in [1.807, 2.05) is 6.92 Å². The van der Waals surface area contributed by atoms with Gasteiger partial charge in [-0.2, -0.15) is 0 Å². The van der Waals surface area contributed by atoms with Gasteiger partial charge in [-0.1, -0.05) is 6.92 Å². The molecule has 6 nitrogen and oxygen atoms in total. The van der Waals surface area contributed by atoms with Crippen molar-refractivity contribution >= 4 is 34.4 Å².